The molecule has 114 valence electrons. The Morgan fingerprint density at radius 1 is 1.43 bits per heavy atom. The van der Waals surface area contributed by atoms with Gasteiger partial charge < -0.3 is 11.1 Å². The van der Waals surface area contributed by atoms with Crippen molar-refractivity contribution < 1.29 is 9.18 Å². The SMILES string of the molecule is CC(N)C(c1ccccc1F)N1CCCC2C(=O)NCC21. The normalized spacial score (nSPS) is 28.8. The number of likely N-dealkylation sites (tertiary alicyclic amines) is 1. The zero-order valence-electron chi connectivity index (χ0n) is 12.3. The Hall–Kier alpha value is -1.46. The molecule has 1 amide bonds. The van der Waals surface area contributed by atoms with Gasteiger partial charge in [0, 0.05) is 24.2 Å². The minimum absolute atomic E-state index is 0.0202. The number of carbonyl (C=O) groups excluding carboxylic acids is 1. The number of fused-ring (bicyclic) bond motifs is 1. The zero-order valence-corrected chi connectivity index (χ0v) is 12.3. The Balaban J connectivity index is 1.94. The van der Waals surface area contributed by atoms with Gasteiger partial charge in [-0.15, -0.1) is 0 Å². The smallest absolute Gasteiger partial charge is 0.224 e. The van der Waals surface area contributed by atoms with Crippen molar-refractivity contribution in [3.8, 4) is 0 Å². The van der Waals surface area contributed by atoms with Gasteiger partial charge in [0.05, 0.1) is 12.0 Å². The molecule has 2 aliphatic heterocycles. The van der Waals surface area contributed by atoms with Crippen LogP contribution in [0.2, 0.25) is 0 Å². The summed E-state index contributed by atoms with van der Waals surface area (Å²) in [6.07, 6.45) is 1.86. The predicted molar refractivity (Wildman–Crippen MR) is 79.0 cm³/mol. The molecule has 2 saturated heterocycles. The molecule has 2 aliphatic rings. The fraction of sp³-hybridized carbons (Fsp3) is 0.562. The van der Waals surface area contributed by atoms with Crippen LogP contribution in [0.15, 0.2) is 24.3 Å². The fourth-order valence-corrected chi connectivity index (χ4v) is 3.81. The van der Waals surface area contributed by atoms with Gasteiger partial charge in [0.15, 0.2) is 0 Å². The number of amides is 1. The second-order valence-electron chi connectivity index (χ2n) is 6.12. The molecule has 4 atom stereocenters. The van der Waals surface area contributed by atoms with E-state index in [2.05, 4.69) is 10.2 Å². The van der Waals surface area contributed by atoms with Gasteiger partial charge >= 0.3 is 0 Å². The lowest BCUT2D eigenvalue weighted by Crippen LogP contribution is -2.51. The van der Waals surface area contributed by atoms with Crippen molar-refractivity contribution in [3.63, 3.8) is 0 Å². The van der Waals surface area contributed by atoms with E-state index >= 15 is 0 Å². The molecule has 3 rings (SSSR count). The molecule has 2 heterocycles. The van der Waals surface area contributed by atoms with Crippen LogP contribution in [0.5, 0.6) is 0 Å². The summed E-state index contributed by atoms with van der Waals surface area (Å²) in [7, 11) is 0. The van der Waals surface area contributed by atoms with Gasteiger partial charge in [0.2, 0.25) is 5.91 Å². The van der Waals surface area contributed by atoms with Crippen LogP contribution in [0.4, 0.5) is 4.39 Å². The molecule has 0 aliphatic carbocycles. The second kappa shape index (κ2) is 5.73. The van der Waals surface area contributed by atoms with Gasteiger partial charge in [0.25, 0.3) is 0 Å². The van der Waals surface area contributed by atoms with Crippen molar-refractivity contribution in [2.45, 2.75) is 37.9 Å². The summed E-state index contributed by atoms with van der Waals surface area (Å²) in [6, 6.07) is 6.55. The fourth-order valence-electron chi connectivity index (χ4n) is 3.81. The van der Waals surface area contributed by atoms with E-state index in [4.69, 9.17) is 5.73 Å². The molecule has 1 aromatic rings. The van der Waals surface area contributed by atoms with Gasteiger partial charge in [-0.1, -0.05) is 18.2 Å². The van der Waals surface area contributed by atoms with E-state index in [-0.39, 0.29) is 35.8 Å². The first-order valence-electron chi connectivity index (χ1n) is 7.63. The van der Waals surface area contributed by atoms with E-state index in [0.717, 1.165) is 19.4 Å². The molecule has 0 aromatic heterocycles. The highest BCUT2D eigenvalue weighted by Crippen LogP contribution is 2.36. The number of hydrogen-bond donors (Lipinski definition) is 2. The Morgan fingerprint density at radius 2 is 2.19 bits per heavy atom. The Kier molecular flexibility index (Phi) is 3.95. The van der Waals surface area contributed by atoms with Crippen LogP contribution in [0.3, 0.4) is 0 Å². The van der Waals surface area contributed by atoms with Gasteiger partial charge in [0.1, 0.15) is 5.82 Å². The van der Waals surface area contributed by atoms with E-state index in [9.17, 15) is 9.18 Å². The quantitative estimate of drug-likeness (QED) is 0.885. The third-order valence-corrected chi connectivity index (χ3v) is 4.72. The summed E-state index contributed by atoms with van der Waals surface area (Å²) in [4.78, 5) is 14.1. The number of halogens is 1. The highest BCUT2D eigenvalue weighted by Gasteiger charge is 2.44. The summed E-state index contributed by atoms with van der Waals surface area (Å²) in [5, 5.41) is 2.94. The number of benzene rings is 1. The van der Waals surface area contributed by atoms with Crippen molar-refractivity contribution in [2.75, 3.05) is 13.1 Å². The van der Waals surface area contributed by atoms with Gasteiger partial charge in [-0.05, 0) is 32.4 Å². The monoisotopic (exact) mass is 291 g/mol. The Bertz CT molecular complexity index is 534. The summed E-state index contributed by atoms with van der Waals surface area (Å²) in [6.45, 7) is 3.41. The number of rotatable bonds is 3. The maximum Gasteiger partial charge on any atom is 0.224 e. The summed E-state index contributed by atoms with van der Waals surface area (Å²) in [5.41, 5.74) is 6.80. The molecule has 0 saturated carbocycles. The Labute approximate surface area is 124 Å². The van der Waals surface area contributed by atoms with Crippen LogP contribution < -0.4 is 11.1 Å². The highest BCUT2D eigenvalue weighted by atomic mass is 19.1. The molecule has 2 fully saturated rings. The van der Waals surface area contributed by atoms with Crippen molar-refractivity contribution >= 4 is 5.91 Å². The van der Waals surface area contributed by atoms with Crippen molar-refractivity contribution in [1.82, 2.24) is 10.2 Å². The van der Waals surface area contributed by atoms with Gasteiger partial charge in [-0.25, -0.2) is 4.39 Å². The van der Waals surface area contributed by atoms with Crippen molar-refractivity contribution in [3.05, 3.63) is 35.6 Å². The second-order valence-corrected chi connectivity index (χ2v) is 6.12. The van der Waals surface area contributed by atoms with Gasteiger partial charge in [-0.3, -0.25) is 9.69 Å². The van der Waals surface area contributed by atoms with Crippen LogP contribution in [-0.4, -0.2) is 36.0 Å². The maximum atomic E-state index is 14.2. The van der Waals surface area contributed by atoms with E-state index < -0.39 is 0 Å². The average molecular weight is 291 g/mol. The third-order valence-electron chi connectivity index (χ3n) is 4.72. The number of hydrogen-bond acceptors (Lipinski definition) is 3. The van der Waals surface area contributed by atoms with Gasteiger partial charge in [-0.2, -0.15) is 0 Å². The first kappa shape index (κ1) is 14.5. The average Bonchev–Trinajstić information content (AvgIpc) is 2.84. The standard InChI is InChI=1S/C16H22FN3O/c1-10(18)15(11-5-2-3-7-13(11)17)20-8-4-6-12-14(20)9-19-16(12)21/h2-3,5,7,10,12,14-15H,4,6,8-9,18H2,1H3,(H,19,21). The largest absolute Gasteiger partial charge is 0.354 e. The summed E-state index contributed by atoms with van der Waals surface area (Å²) < 4.78 is 14.2. The van der Waals surface area contributed by atoms with Crippen LogP contribution in [0.1, 0.15) is 31.4 Å². The summed E-state index contributed by atoms with van der Waals surface area (Å²) in [5.74, 6) is -0.0763. The molecule has 0 radical (unpaired) electrons. The molecule has 4 nitrogen and oxygen atoms in total. The third kappa shape index (κ3) is 2.56. The molecular weight excluding hydrogens is 269 g/mol. The van der Waals surface area contributed by atoms with Crippen molar-refractivity contribution in [2.24, 2.45) is 11.7 Å². The predicted octanol–water partition coefficient (Wildman–Crippen LogP) is 1.42. The van der Waals surface area contributed by atoms with Crippen LogP contribution in [0, 0.1) is 11.7 Å². The number of piperidine rings is 1. The van der Waals surface area contributed by atoms with Crippen LogP contribution in [-0.2, 0) is 4.79 Å². The molecule has 4 unspecified atom stereocenters. The van der Waals surface area contributed by atoms with Crippen molar-refractivity contribution in [1.29, 1.82) is 0 Å². The number of nitrogens with one attached hydrogen (secondary N) is 1. The lowest BCUT2D eigenvalue weighted by atomic mass is 9.87. The molecule has 0 spiro atoms. The number of nitrogens with two attached hydrogens (primary N) is 1. The van der Waals surface area contributed by atoms with Crippen LogP contribution in [0.25, 0.3) is 0 Å². The van der Waals surface area contributed by atoms with E-state index in [1.807, 2.05) is 13.0 Å². The van der Waals surface area contributed by atoms with E-state index in [1.54, 1.807) is 12.1 Å². The minimum Gasteiger partial charge on any atom is -0.354 e. The lowest BCUT2D eigenvalue weighted by molar-refractivity contribution is -0.124. The van der Waals surface area contributed by atoms with E-state index in [1.165, 1.54) is 6.07 Å². The molecular formula is C16H22FN3O. The first-order valence-corrected chi connectivity index (χ1v) is 7.63. The Morgan fingerprint density at radius 3 is 2.90 bits per heavy atom. The minimum atomic E-state index is -0.223. The molecule has 5 heteroatoms. The topological polar surface area (TPSA) is 58.4 Å². The number of carbonyl (C=O) groups is 1. The lowest BCUT2D eigenvalue weighted by Gasteiger charge is -2.43. The molecule has 1 aromatic carbocycles. The maximum absolute atomic E-state index is 14.2. The molecule has 0 bridgehead atoms. The summed E-state index contributed by atoms with van der Waals surface area (Å²) >= 11 is 0. The van der Waals surface area contributed by atoms with E-state index in [0.29, 0.717) is 12.1 Å². The zero-order chi connectivity index (χ0) is 15.0. The molecule has 21 heavy (non-hydrogen) atoms. The first-order chi connectivity index (χ1) is 10.1. The van der Waals surface area contributed by atoms with Crippen LogP contribution >= 0.6 is 0 Å². The number of nitrogens with zero attached hydrogens (tertiary/aromatic N) is 1. The molecule has 3 N–H and O–H groups in total. The highest BCUT2D eigenvalue weighted by molar-refractivity contribution is 5.82.